The van der Waals surface area contributed by atoms with Crippen LogP contribution in [0.25, 0.3) is 0 Å². The molecule has 0 radical (unpaired) electrons. The first kappa shape index (κ1) is 18.9. The van der Waals surface area contributed by atoms with Gasteiger partial charge in [0.25, 0.3) is 11.6 Å². The van der Waals surface area contributed by atoms with E-state index < -0.39 is 23.4 Å². The minimum atomic E-state index is -0.648. The first-order valence-corrected chi connectivity index (χ1v) is 7.73. The number of nitrogens with one attached hydrogen (secondary N) is 1. The molecule has 1 amide bonds. The van der Waals surface area contributed by atoms with E-state index in [0.29, 0.717) is 16.9 Å². The number of anilines is 1. The number of amides is 1. The van der Waals surface area contributed by atoms with Crippen molar-refractivity contribution in [1.29, 1.82) is 0 Å². The number of hydrogen-bond donors (Lipinski definition) is 1. The average molecular weight is 358 g/mol. The number of ether oxygens (including phenoxy) is 2. The molecule has 2 aromatic rings. The Morgan fingerprint density at radius 1 is 1.15 bits per heavy atom. The molecule has 2 aromatic carbocycles. The molecule has 0 aromatic heterocycles. The number of nitrogens with zero attached hydrogens (tertiary/aromatic N) is 1. The number of benzene rings is 2. The Morgan fingerprint density at radius 2 is 1.85 bits per heavy atom. The maximum absolute atomic E-state index is 12.0. The second kappa shape index (κ2) is 8.61. The van der Waals surface area contributed by atoms with E-state index in [2.05, 4.69) is 5.32 Å². The van der Waals surface area contributed by atoms with Crippen LogP contribution in [0.4, 0.5) is 11.4 Å². The van der Waals surface area contributed by atoms with Crippen molar-refractivity contribution in [2.24, 2.45) is 0 Å². The molecule has 1 N–H and O–H groups in total. The van der Waals surface area contributed by atoms with Crippen molar-refractivity contribution in [3.8, 4) is 5.75 Å². The van der Waals surface area contributed by atoms with Gasteiger partial charge in [0.05, 0.1) is 18.5 Å². The van der Waals surface area contributed by atoms with Crippen molar-refractivity contribution in [2.75, 3.05) is 19.0 Å². The molecule has 136 valence electrons. The molecule has 0 unspecified atom stereocenters. The van der Waals surface area contributed by atoms with E-state index in [9.17, 15) is 19.7 Å². The van der Waals surface area contributed by atoms with E-state index in [1.54, 1.807) is 44.4 Å². The second-order valence-electron chi connectivity index (χ2n) is 5.46. The minimum absolute atomic E-state index is 0.00177. The van der Waals surface area contributed by atoms with Gasteiger partial charge in [-0.3, -0.25) is 19.7 Å². The van der Waals surface area contributed by atoms with E-state index in [4.69, 9.17) is 9.47 Å². The van der Waals surface area contributed by atoms with Crippen LogP contribution < -0.4 is 10.1 Å². The van der Waals surface area contributed by atoms with Crippen molar-refractivity contribution >= 4 is 23.3 Å². The van der Waals surface area contributed by atoms with Crippen LogP contribution in [0.3, 0.4) is 0 Å². The highest BCUT2D eigenvalue weighted by atomic mass is 16.6. The van der Waals surface area contributed by atoms with Crippen molar-refractivity contribution in [3.05, 3.63) is 63.7 Å². The summed E-state index contributed by atoms with van der Waals surface area (Å²) in [4.78, 5) is 34.2. The van der Waals surface area contributed by atoms with Crippen molar-refractivity contribution in [2.45, 2.75) is 13.3 Å². The van der Waals surface area contributed by atoms with E-state index in [-0.39, 0.29) is 17.8 Å². The highest BCUT2D eigenvalue weighted by Crippen LogP contribution is 2.27. The van der Waals surface area contributed by atoms with Gasteiger partial charge >= 0.3 is 5.97 Å². The Hall–Kier alpha value is -3.42. The van der Waals surface area contributed by atoms with Crippen molar-refractivity contribution in [1.82, 2.24) is 0 Å². The second-order valence-corrected chi connectivity index (χ2v) is 5.46. The molecule has 0 spiro atoms. The highest BCUT2D eigenvalue weighted by molar-refractivity contribution is 5.95. The Labute approximate surface area is 149 Å². The van der Waals surface area contributed by atoms with Crippen molar-refractivity contribution < 1.29 is 24.0 Å². The normalized spacial score (nSPS) is 10.1. The number of aryl methyl sites for hydroxylation is 1. The fourth-order valence-corrected chi connectivity index (χ4v) is 2.25. The van der Waals surface area contributed by atoms with E-state index >= 15 is 0 Å². The first-order chi connectivity index (χ1) is 12.4. The van der Waals surface area contributed by atoms with E-state index in [1.807, 2.05) is 0 Å². The number of rotatable bonds is 7. The molecule has 2 rings (SSSR count). The number of carbonyl (C=O) groups excluding carboxylic acids is 2. The van der Waals surface area contributed by atoms with Crippen LogP contribution in [0, 0.1) is 17.0 Å². The topological polar surface area (TPSA) is 108 Å². The number of nitro groups is 1. The Balaban J connectivity index is 1.90. The predicted octanol–water partition coefficient (Wildman–Crippen LogP) is 2.64. The Bertz CT molecular complexity index is 817. The summed E-state index contributed by atoms with van der Waals surface area (Å²) in [6, 6.07) is 11.3. The van der Waals surface area contributed by atoms with Crippen LogP contribution in [0.5, 0.6) is 5.75 Å². The van der Waals surface area contributed by atoms with Gasteiger partial charge in [-0.05, 0) is 30.2 Å². The zero-order valence-electron chi connectivity index (χ0n) is 14.4. The number of esters is 1. The maximum atomic E-state index is 12.0. The molecule has 0 aliphatic carbocycles. The van der Waals surface area contributed by atoms with Crippen LogP contribution >= 0.6 is 0 Å². The van der Waals surface area contributed by atoms with Gasteiger partial charge in [-0.2, -0.15) is 0 Å². The molecule has 0 saturated carbocycles. The summed E-state index contributed by atoms with van der Waals surface area (Å²) in [5.74, 6) is -0.559. The van der Waals surface area contributed by atoms with Gasteiger partial charge in [-0.15, -0.1) is 0 Å². The summed E-state index contributed by atoms with van der Waals surface area (Å²) < 4.78 is 9.95. The average Bonchev–Trinajstić information content (AvgIpc) is 2.62. The zero-order chi connectivity index (χ0) is 19.1. The van der Waals surface area contributed by atoms with Gasteiger partial charge in [0.2, 0.25) is 0 Å². The summed E-state index contributed by atoms with van der Waals surface area (Å²) in [6.45, 7) is 1.11. The SMILES string of the molecule is COc1ccc(CC(=O)OCC(=O)Nc2c(C)cccc2[N+](=O)[O-])cc1. The molecule has 0 heterocycles. The van der Waals surface area contributed by atoms with E-state index in [0.717, 1.165) is 0 Å². The van der Waals surface area contributed by atoms with Crippen LogP contribution in [0.2, 0.25) is 0 Å². The fourth-order valence-electron chi connectivity index (χ4n) is 2.25. The summed E-state index contributed by atoms with van der Waals surface area (Å²) in [7, 11) is 1.54. The monoisotopic (exact) mass is 358 g/mol. The molecule has 26 heavy (non-hydrogen) atoms. The number of methoxy groups -OCH3 is 1. The zero-order valence-corrected chi connectivity index (χ0v) is 14.4. The third-order valence-electron chi connectivity index (χ3n) is 3.58. The molecule has 0 fully saturated rings. The molecule has 0 aliphatic heterocycles. The van der Waals surface area contributed by atoms with Gasteiger partial charge in [0, 0.05) is 6.07 Å². The lowest BCUT2D eigenvalue weighted by molar-refractivity contribution is -0.384. The molecule has 0 saturated heterocycles. The maximum Gasteiger partial charge on any atom is 0.310 e. The lowest BCUT2D eigenvalue weighted by Crippen LogP contribution is -2.22. The van der Waals surface area contributed by atoms with Gasteiger partial charge in [0.1, 0.15) is 11.4 Å². The summed E-state index contributed by atoms with van der Waals surface area (Å²) in [6.07, 6.45) is 0.00177. The lowest BCUT2D eigenvalue weighted by Gasteiger charge is -2.09. The van der Waals surface area contributed by atoms with Crippen LogP contribution in [-0.2, 0) is 20.7 Å². The largest absolute Gasteiger partial charge is 0.497 e. The lowest BCUT2D eigenvalue weighted by atomic mass is 10.1. The molecule has 0 bridgehead atoms. The summed E-state index contributed by atoms with van der Waals surface area (Å²) >= 11 is 0. The molecule has 8 nitrogen and oxygen atoms in total. The smallest absolute Gasteiger partial charge is 0.310 e. The molecular weight excluding hydrogens is 340 g/mol. The van der Waals surface area contributed by atoms with Gasteiger partial charge < -0.3 is 14.8 Å². The van der Waals surface area contributed by atoms with E-state index in [1.165, 1.54) is 12.1 Å². The molecule has 8 heteroatoms. The van der Waals surface area contributed by atoms with Gasteiger partial charge in [-0.25, -0.2) is 0 Å². The quantitative estimate of drug-likeness (QED) is 0.463. The van der Waals surface area contributed by atoms with Crippen molar-refractivity contribution in [3.63, 3.8) is 0 Å². The number of hydrogen-bond acceptors (Lipinski definition) is 6. The number of para-hydroxylation sites is 1. The number of carbonyl (C=O) groups is 2. The number of nitro benzene ring substituents is 1. The van der Waals surface area contributed by atoms with Gasteiger partial charge in [0.15, 0.2) is 6.61 Å². The van der Waals surface area contributed by atoms with Crippen LogP contribution in [0.15, 0.2) is 42.5 Å². The fraction of sp³-hybridized carbons (Fsp3) is 0.222. The third kappa shape index (κ3) is 5.04. The molecular formula is C18H18N2O6. The van der Waals surface area contributed by atoms with Crippen LogP contribution in [-0.4, -0.2) is 30.5 Å². The standard InChI is InChI=1S/C18H18N2O6/c1-12-4-3-5-15(20(23)24)18(12)19-16(21)11-26-17(22)10-13-6-8-14(25-2)9-7-13/h3-9H,10-11H2,1-2H3,(H,19,21). The highest BCUT2D eigenvalue weighted by Gasteiger charge is 2.18. The first-order valence-electron chi connectivity index (χ1n) is 7.73. The minimum Gasteiger partial charge on any atom is -0.497 e. The van der Waals surface area contributed by atoms with Crippen LogP contribution in [0.1, 0.15) is 11.1 Å². The summed E-state index contributed by atoms with van der Waals surface area (Å²) in [5.41, 5.74) is 1.12. The molecule has 0 atom stereocenters. The molecule has 0 aliphatic rings. The predicted molar refractivity (Wildman–Crippen MR) is 94.1 cm³/mol. The Morgan fingerprint density at radius 3 is 2.46 bits per heavy atom. The van der Waals surface area contributed by atoms with Gasteiger partial charge in [-0.1, -0.05) is 24.3 Å². The summed E-state index contributed by atoms with van der Waals surface area (Å²) in [5, 5.41) is 13.5. The Kier molecular flexibility index (Phi) is 6.26. The third-order valence-corrected chi connectivity index (χ3v) is 3.58.